The minimum Gasteiger partial charge on any atom is -0.365 e. The number of benzene rings is 1. The van der Waals surface area contributed by atoms with Crippen LogP contribution in [0.15, 0.2) is 29.6 Å². The van der Waals surface area contributed by atoms with Crippen molar-refractivity contribution in [3.8, 4) is 0 Å². The molecular weight excluding hydrogens is 316 g/mol. The lowest BCUT2D eigenvalue weighted by Gasteiger charge is -2.24. The molecule has 0 saturated heterocycles. The number of aromatic nitrogens is 1. The molecule has 0 aliphatic carbocycles. The van der Waals surface area contributed by atoms with Gasteiger partial charge < -0.3 is 4.90 Å². The highest BCUT2D eigenvalue weighted by Crippen LogP contribution is 2.27. The van der Waals surface area contributed by atoms with Crippen LogP contribution in [0.5, 0.6) is 0 Å². The van der Waals surface area contributed by atoms with Crippen LogP contribution in [-0.2, 0) is 28.6 Å². The molecule has 0 unspecified atom stereocenters. The van der Waals surface area contributed by atoms with Crippen molar-refractivity contribution in [2.75, 3.05) is 17.7 Å². The molecule has 3 rings (SSSR count). The maximum absolute atomic E-state index is 11.4. The number of hydrogen-bond donors (Lipinski definition) is 0. The molecule has 0 bridgehead atoms. The fourth-order valence-corrected chi connectivity index (χ4v) is 4.84. The third-order valence-electron chi connectivity index (χ3n) is 3.79. The van der Waals surface area contributed by atoms with Crippen molar-refractivity contribution in [2.45, 2.75) is 31.6 Å². The van der Waals surface area contributed by atoms with E-state index in [9.17, 15) is 8.42 Å². The second-order valence-corrected chi connectivity index (χ2v) is 8.89. The van der Waals surface area contributed by atoms with Crippen molar-refractivity contribution in [3.05, 3.63) is 45.9 Å². The summed E-state index contributed by atoms with van der Waals surface area (Å²) in [7, 11) is -3.02. The second kappa shape index (κ2) is 6.38. The number of thiazole rings is 1. The lowest BCUT2D eigenvalue weighted by molar-refractivity contribution is 0.601. The summed E-state index contributed by atoms with van der Waals surface area (Å²) in [6.45, 7) is 1.77. The quantitative estimate of drug-likeness (QED) is 0.861. The Hall–Kier alpha value is -1.40. The highest BCUT2D eigenvalue weighted by molar-refractivity contribution is 7.90. The van der Waals surface area contributed by atoms with E-state index in [1.807, 2.05) is 5.38 Å². The Balaban J connectivity index is 1.78. The predicted molar refractivity (Wildman–Crippen MR) is 91.1 cm³/mol. The molecule has 1 aromatic heterocycles. The molecule has 118 valence electrons. The topological polar surface area (TPSA) is 50.3 Å². The molecule has 0 amide bonds. The van der Waals surface area contributed by atoms with Crippen LogP contribution in [0.1, 0.15) is 29.1 Å². The predicted octanol–water partition coefficient (Wildman–Crippen LogP) is 3.03. The summed E-state index contributed by atoms with van der Waals surface area (Å²) in [5, 5.41) is 2.66. The molecule has 1 aliphatic rings. The van der Waals surface area contributed by atoms with Crippen molar-refractivity contribution >= 4 is 26.9 Å². The normalized spacial score (nSPS) is 15.4. The molecular formula is C16H20N2O2S2. The Morgan fingerprint density at radius 1 is 1.27 bits per heavy atom. The van der Waals surface area contributed by atoms with Crippen molar-refractivity contribution in [1.29, 1.82) is 0 Å². The zero-order chi connectivity index (χ0) is 15.6. The molecule has 22 heavy (non-hydrogen) atoms. The van der Waals surface area contributed by atoms with Crippen LogP contribution in [0.3, 0.4) is 0 Å². The molecule has 0 spiro atoms. The van der Waals surface area contributed by atoms with Crippen LogP contribution >= 0.6 is 11.3 Å². The van der Waals surface area contributed by atoms with Crippen LogP contribution in [0.2, 0.25) is 0 Å². The summed E-state index contributed by atoms with van der Waals surface area (Å²) in [5.41, 5.74) is 3.64. The monoisotopic (exact) mass is 336 g/mol. The Morgan fingerprint density at radius 3 is 2.91 bits per heavy atom. The molecule has 0 saturated carbocycles. The first-order chi connectivity index (χ1) is 10.5. The van der Waals surface area contributed by atoms with Gasteiger partial charge in [-0.25, -0.2) is 13.4 Å². The third-order valence-corrected chi connectivity index (χ3v) is 5.67. The molecule has 2 heterocycles. The van der Waals surface area contributed by atoms with Gasteiger partial charge in [0.05, 0.1) is 12.2 Å². The zero-order valence-electron chi connectivity index (χ0n) is 12.7. The first kappa shape index (κ1) is 15.5. The molecule has 4 nitrogen and oxygen atoms in total. The maximum Gasteiger partial charge on any atom is 0.153 e. The fourth-order valence-electron chi connectivity index (χ4n) is 2.84. The van der Waals surface area contributed by atoms with Crippen LogP contribution in [0.4, 0.5) is 5.69 Å². The van der Waals surface area contributed by atoms with Gasteiger partial charge in [0.15, 0.2) is 9.84 Å². The van der Waals surface area contributed by atoms with Gasteiger partial charge in [-0.15, -0.1) is 11.3 Å². The van der Waals surface area contributed by atoms with Gasteiger partial charge >= 0.3 is 0 Å². The first-order valence-electron chi connectivity index (χ1n) is 7.45. The van der Waals surface area contributed by atoms with Crippen molar-refractivity contribution in [1.82, 2.24) is 4.98 Å². The number of hydrogen-bond acceptors (Lipinski definition) is 5. The Labute approximate surface area is 135 Å². The van der Waals surface area contributed by atoms with E-state index < -0.39 is 9.84 Å². The number of rotatable bonds is 4. The minimum absolute atomic E-state index is 0.0360. The zero-order valence-corrected chi connectivity index (χ0v) is 14.3. The largest absolute Gasteiger partial charge is 0.365 e. The highest BCUT2D eigenvalue weighted by atomic mass is 32.2. The molecule has 1 aromatic carbocycles. The van der Waals surface area contributed by atoms with E-state index in [4.69, 9.17) is 0 Å². The van der Waals surface area contributed by atoms with Gasteiger partial charge in [-0.3, -0.25) is 0 Å². The lowest BCUT2D eigenvalue weighted by Crippen LogP contribution is -2.23. The third kappa shape index (κ3) is 3.87. The summed E-state index contributed by atoms with van der Waals surface area (Å²) in [6, 6.07) is 8.54. The Morgan fingerprint density at radius 2 is 2.09 bits per heavy atom. The maximum atomic E-state index is 11.4. The van der Waals surface area contributed by atoms with Gasteiger partial charge in [0.25, 0.3) is 0 Å². The second-order valence-electron chi connectivity index (χ2n) is 5.81. The fraction of sp³-hybridized carbons (Fsp3) is 0.438. The van der Waals surface area contributed by atoms with E-state index in [0.717, 1.165) is 25.2 Å². The number of sulfone groups is 1. The SMILES string of the molecule is CS(=O)(=O)Cc1nc(CN2CCCCc3ccccc32)cs1. The van der Waals surface area contributed by atoms with Crippen molar-refractivity contribution in [3.63, 3.8) is 0 Å². The molecule has 0 atom stereocenters. The number of aryl methyl sites for hydroxylation is 1. The minimum atomic E-state index is -3.02. The Kier molecular flexibility index (Phi) is 4.49. The summed E-state index contributed by atoms with van der Waals surface area (Å²) in [6.07, 6.45) is 4.76. The van der Waals surface area contributed by atoms with E-state index in [1.54, 1.807) is 0 Å². The van der Waals surface area contributed by atoms with Gasteiger partial charge in [0, 0.05) is 23.9 Å². The number of fused-ring (bicyclic) bond motifs is 1. The lowest BCUT2D eigenvalue weighted by atomic mass is 10.1. The van der Waals surface area contributed by atoms with Crippen LogP contribution in [0, 0.1) is 0 Å². The van der Waals surface area contributed by atoms with Crippen LogP contribution in [-0.4, -0.2) is 26.2 Å². The van der Waals surface area contributed by atoms with Gasteiger partial charge in [-0.1, -0.05) is 18.2 Å². The van der Waals surface area contributed by atoms with Gasteiger partial charge in [-0.2, -0.15) is 0 Å². The standard InChI is InChI=1S/C16H20N2O2S2/c1-22(19,20)12-16-17-14(11-21-16)10-18-9-5-4-7-13-6-2-3-8-15(13)18/h2-3,6,8,11H,4-5,7,9-10,12H2,1H3. The highest BCUT2D eigenvalue weighted by Gasteiger charge is 2.17. The van der Waals surface area contributed by atoms with Gasteiger partial charge in [-0.05, 0) is 30.9 Å². The van der Waals surface area contributed by atoms with Crippen molar-refractivity contribution in [2.24, 2.45) is 0 Å². The molecule has 0 fully saturated rings. The number of para-hydroxylation sites is 1. The Bertz CT molecular complexity index is 753. The summed E-state index contributed by atoms with van der Waals surface area (Å²) in [4.78, 5) is 6.85. The molecule has 1 aliphatic heterocycles. The van der Waals surface area contributed by atoms with E-state index in [2.05, 4.69) is 34.1 Å². The van der Waals surface area contributed by atoms with Crippen molar-refractivity contribution < 1.29 is 8.42 Å². The van der Waals surface area contributed by atoms with E-state index >= 15 is 0 Å². The van der Waals surface area contributed by atoms with E-state index in [-0.39, 0.29) is 5.75 Å². The summed E-state index contributed by atoms with van der Waals surface area (Å²) >= 11 is 1.43. The van der Waals surface area contributed by atoms with E-state index in [0.29, 0.717) is 5.01 Å². The molecule has 0 radical (unpaired) electrons. The van der Waals surface area contributed by atoms with Gasteiger partial charge in [0.2, 0.25) is 0 Å². The van der Waals surface area contributed by atoms with E-state index in [1.165, 1.54) is 41.7 Å². The molecule has 2 aromatic rings. The summed E-state index contributed by atoms with van der Waals surface area (Å²) < 4.78 is 22.7. The van der Waals surface area contributed by atoms with Gasteiger partial charge in [0.1, 0.15) is 10.8 Å². The van der Waals surface area contributed by atoms with Crippen LogP contribution in [0.25, 0.3) is 0 Å². The number of anilines is 1. The van der Waals surface area contributed by atoms with Crippen LogP contribution < -0.4 is 4.90 Å². The average Bonchev–Trinajstić information content (AvgIpc) is 2.77. The molecule has 0 N–H and O–H groups in total. The number of nitrogens with zero attached hydrogens (tertiary/aromatic N) is 2. The average molecular weight is 336 g/mol. The smallest absolute Gasteiger partial charge is 0.153 e. The summed E-state index contributed by atoms with van der Waals surface area (Å²) in [5.74, 6) is 0.0360. The molecule has 6 heteroatoms. The first-order valence-corrected chi connectivity index (χ1v) is 10.4.